The molecule has 0 atom stereocenters. The van der Waals surface area contributed by atoms with Crippen LogP contribution in [0.15, 0.2) is 47.6 Å². The molecule has 3 aromatic rings. The standard InChI is InChI=1S/C16H13ClN2OS/c1-10-6-7-13-14(8-10)19-16(18-13)21-9-15(20)11-4-2-3-5-12(11)17/h2-8H,9H2,1H3,(H,18,19). The minimum atomic E-state index is 0.00207. The number of carbonyl (C=O) groups is 1. The summed E-state index contributed by atoms with van der Waals surface area (Å²) >= 11 is 7.42. The lowest BCUT2D eigenvalue weighted by molar-refractivity contribution is 0.102. The molecule has 0 saturated carbocycles. The van der Waals surface area contributed by atoms with Crippen LogP contribution in [-0.4, -0.2) is 21.5 Å². The minimum Gasteiger partial charge on any atom is -0.333 e. The lowest BCUT2D eigenvalue weighted by Crippen LogP contribution is -2.03. The number of thioether (sulfide) groups is 1. The molecule has 3 nitrogen and oxygen atoms in total. The van der Waals surface area contributed by atoms with Gasteiger partial charge in [0.1, 0.15) is 0 Å². The smallest absolute Gasteiger partial charge is 0.174 e. The Bertz CT molecular complexity index is 813. The molecule has 2 aromatic carbocycles. The molecule has 3 rings (SSSR count). The molecule has 0 unspecified atom stereocenters. The number of aromatic nitrogens is 2. The van der Waals surface area contributed by atoms with Crippen LogP contribution < -0.4 is 0 Å². The third kappa shape index (κ3) is 3.12. The van der Waals surface area contributed by atoms with Gasteiger partial charge >= 0.3 is 0 Å². The van der Waals surface area contributed by atoms with Gasteiger partial charge < -0.3 is 4.98 Å². The van der Waals surface area contributed by atoms with Gasteiger partial charge in [-0.25, -0.2) is 4.98 Å². The van der Waals surface area contributed by atoms with E-state index in [9.17, 15) is 4.79 Å². The van der Waals surface area contributed by atoms with E-state index in [1.54, 1.807) is 12.1 Å². The molecule has 106 valence electrons. The summed E-state index contributed by atoms with van der Waals surface area (Å²) in [6, 6.07) is 13.1. The quantitative estimate of drug-likeness (QED) is 0.569. The summed E-state index contributed by atoms with van der Waals surface area (Å²) in [5.41, 5.74) is 3.63. The number of nitrogens with zero attached hydrogens (tertiary/aromatic N) is 1. The monoisotopic (exact) mass is 316 g/mol. The number of aromatic amines is 1. The summed E-state index contributed by atoms with van der Waals surface area (Å²) in [6.07, 6.45) is 0. The second-order valence-corrected chi connectivity index (χ2v) is 6.13. The van der Waals surface area contributed by atoms with E-state index in [2.05, 4.69) is 9.97 Å². The fourth-order valence-corrected chi connectivity index (χ4v) is 3.08. The Morgan fingerprint density at radius 3 is 2.90 bits per heavy atom. The van der Waals surface area contributed by atoms with Crippen LogP contribution >= 0.6 is 23.4 Å². The van der Waals surface area contributed by atoms with Crippen molar-refractivity contribution in [1.82, 2.24) is 9.97 Å². The average molecular weight is 317 g/mol. The first-order valence-electron chi connectivity index (χ1n) is 6.50. The predicted molar refractivity (Wildman–Crippen MR) is 87.3 cm³/mol. The van der Waals surface area contributed by atoms with E-state index in [0.29, 0.717) is 16.3 Å². The number of hydrogen-bond acceptors (Lipinski definition) is 3. The van der Waals surface area contributed by atoms with E-state index in [1.165, 1.54) is 17.3 Å². The van der Waals surface area contributed by atoms with E-state index in [1.807, 2.05) is 37.3 Å². The van der Waals surface area contributed by atoms with Crippen molar-refractivity contribution in [3.63, 3.8) is 0 Å². The molecular weight excluding hydrogens is 304 g/mol. The number of hydrogen-bond donors (Lipinski definition) is 1. The SMILES string of the molecule is Cc1ccc2nc(SCC(=O)c3ccccc3Cl)[nH]c2c1. The van der Waals surface area contributed by atoms with Gasteiger partial charge in [0.05, 0.1) is 21.8 Å². The number of H-pyrrole nitrogens is 1. The molecule has 0 bridgehead atoms. The molecule has 0 radical (unpaired) electrons. The largest absolute Gasteiger partial charge is 0.333 e. The highest BCUT2D eigenvalue weighted by molar-refractivity contribution is 7.99. The van der Waals surface area contributed by atoms with E-state index in [0.717, 1.165) is 16.2 Å². The topological polar surface area (TPSA) is 45.8 Å². The molecule has 0 spiro atoms. The maximum absolute atomic E-state index is 12.2. The summed E-state index contributed by atoms with van der Waals surface area (Å²) in [7, 11) is 0. The van der Waals surface area contributed by atoms with Crippen molar-refractivity contribution in [1.29, 1.82) is 0 Å². The first-order valence-corrected chi connectivity index (χ1v) is 7.87. The number of Topliss-reactive ketones (excluding diaryl/α,β-unsaturated/α-hetero) is 1. The zero-order valence-electron chi connectivity index (χ0n) is 11.4. The van der Waals surface area contributed by atoms with Crippen molar-refractivity contribution in [2.75, 3.05) is 5.75 Å². The molecule has 0 aliphatic heterocycles. The zero-order valence-corrected chi connectivity index (χ0v) is 13.0. The number of carbonyl (C=O) groups excluding carboxylic acids is 1. The van der Waals surface area contributed by atoms with Crippen molar-refractivity contribution in [3.8, 4) is 0 Å². The Balaban J connectivity index is 1.74. The van der Waals surface area contributed by atoms with Gasteiger partial charge in [0.2, 0.25) is 0 Å². The van der Waals surface area contributed by atoms with Crippen LogP contribution in [0.2, 0.25) is 5.02 Å². The summed E-state index contributed by atoms with van der Waals surface area (Å²) in [5.74, 6) is 0.310. The molecule has 1 N–H and O–H groups in total. The number of fused-ring (bicyclic) bond motifs is 1. The molecule has 0 amide bonds. The van der Waals surface area contributed by atoms with Gasteiger partial charge in [-0.15, -0.1) is 0 Å². The molecule has 1 aromatic heterocycles. The van der Waals surface area contributed by atoms with Gasteiger partial charge in [-0.2, -0.15) is 0 Å². The molecule has 0 aliphatic carbocycles. The van der Waals surface area contributed by atoms with Crippen LogP contribution in [0.4, 0.5) is 0 Å². The van der Waals surface area contributed by atoms with Gasteiger partial charge in [-0.3, -0.25) is 4.79 Å². The first-order chi connectivity index (χ1) is 10.1. The number of aryl methyl sites for hydroxylation is 1. The molecule has 21 heavy (non-hydrogen) atoms. The van der Waals surface area contributed by atoms with Crippen molar-refractivity contribution >= 4 is 40.2 Å². The van der Waals surface area contributed by atoms with Gasteiger partial charge in [-0.1, -0.05) is 41.6 Å². The van der Waals surface area contributed by atoms with Crippen LogP contribution in [0.1, 0.15) is 15.9 Å². The van der Waals surface area contributed by atoms with Gasteiger partial charge in [-0.05, 0) is 36.8 Å². The molecule has 1 heterocycles. The fourth-order valence-electron chi connectivity index (χ4n) is 2.07. The van der Waals surface area contributed by atoms with E-state index < -0.39 is 0 Å². The van der Waals surface area contributed by atoms with Crippen LogP contribution in [0.25, 0.3) is 11.0 Å². The van der Waals surface area contributed by atoms with Crippen LogP contribution in [0.5, 0.6) is 0 Å². The Morgan fingerprint density at radius 1 is 1.29 bits per heavy atom. The number of imidazole rings is 1. The normalized spacial score (nSPS) is 11.0. The number of ketones is 1. The summed E-state index contributed by atoms with van der Waals surface area (Å²) < 4.78 is 0. The third-order valence-electron chi connectivity index (χ3n) is 3.13. The zero-order chi connectivity index (χ0) is 14.8. The lowest BCUT2D eigenvalue weighted by atomic mass is 10.1. The minimum absolute atomic E-state index is 0.00207. The third-order valence-corrected chi connectivity index (χ3v) is 4.33. The Kier molecular flexibility index (Phi) is 3.99. The molecule has 0 fully saturated rings. The first kappa shape index (κ1) is 14.2. The summed E-state index contributed by atoms with van der Waals surface area (Å²) in [6.45, 7) is 2.04. The molecule has 0 aliphatic rings. The van der Waals surface area contributed by atoms with Crippen LogP contribution in [0.3, 0.4) is 0 Å². The fraction of sp³-hybridized carbons (Fsp3) is 0.125. The van der Waals surface area contributed by atoms with Crippen molar-refractivity contribution in [3.05, 3.63) is 58.6 Å². The second-order valence-electron chi connectivity index (χ2n) is 4.75. The van der Waals surface area contributed by atoms with Crippen LogP contribution in [0, 0.1) is 6.92 Å². The number of nitrogens with one attached hydrogen (secondary N) is 1. The van der Waals surface area contributed by atoms with Crippen LogP contribution in [-0.2, 0) is 0 Å². The van der Waals surface area contributed by atoms with Crippen molar-refractivity contribution < 1.29 is 4.79 Å². The van der Waals surface area contributed by atoms with E-state index >= 15 is 0 Å². The Labute approximate surface area is 131 Å². The van der Waals surface area contributed by atoms with Gasteiger partial charge in [0.15, 0.2) is 10.9 Å². The maximum atomic E-state index is 12.2. The average Bonchev–Trinajstić information content (AvgIpc) is 2.87. The molecule has 5 heteroatoms. The van der Waals surface area contributed by atoms with Gasteiger partial charge in [0.25, 0.3) is 0 Å². The Morgan fingerprint density at radius 2 is 2.10 bits per heavy atom. The lowest BCUT2D eigenvalue weighted by Gasteiger charge is -2.01. The number of benzene rings is 2. The maximum Gasteiger partial charge on any atom is 0.174 e. The van der Waals surface area contributed by atoms with E-state index in [4.69, 9.17) is 11.6 Å². The van der Waals surface area contributed by atoms with Crippen molar-refractivity contribution in [2.45, 2.75) is 12.1 Å². The highest BCUT2D eigenvalue weighted by Crippen LogP contribution is 2.23. The molecule has 0 saturated heterocycles. The number of halogens is 1. The molecular formula is C16H13ClN2OS. The number of rotatable bonds is 4. The second kappa shape index (κ2) is 5.92. The van der Waals surface area contributed by atoms with E-state index in [-0.39, 0.29) is 5.78 Å². The summed E-state index contributed by atoms with van der Waals surface area (Å²) in [5, 5.41) is 1.24. The summed E-state index contributed by atoms with van der Waals surface area (Å²) in [4.78, 5) is 19.8. The highest BCUT2D eigenvalue weighted by atomic mass is 35.5. The van der Waals surface area contributed by atoms with Crippen molar-refractivity contribution in [2.24, 2.45) is 0 Å². The highest BCUT2D eigenvalue weighted by Gasteiger charge is 2.11. The van der Waals surface area contributed by atoms with Gasteiger partial charge in [0, 0.05) is 5.56 Å². The predicted octanol–water partition coefficient (Wildman–Crippen LogP) is 4.50. The Hall–Kier alpha value is -1.78.